The first-order chi connectivity index (χ1) is 67.4. The van der Waals surface area contributed by atoms with E-state index in [1.165, 1.54) is 32.3 Å². The number of benzene rings is 24. The molecule has 0 amide bonds. The van der Waals surface area contributed by atoms with E-state index in [2.05, 4.69) is 355 Å². The zero-order chi connectivity index (χ0) is 91.2. The molecular formula is C124H77F3N4O6. The fourth-order valence-electron chi connectivity index (χ4n) is 21.8. The first-order valence-corrected chi connectivity index (χ1v) is 45.9. The van der Waals surface area contributed by atoms with E-state index < -0.39 is 11.7 Å². The van der Waals surface area contributed by atoms with Gasteiger partial charge in [-0.2, -0.15) is 13.2 Å². The number of rotatable bonds is 14. The van der Waals surface area contributed by atoms with Gasteiger partial charge in [0.05, 0.1) is 65.3 Å². The Balaban J connectivity index is 0.000000139. The molecule has 0 saturated carbocycles. The number of alkyl halides is 3. The molecule has 137 heavy (non-hydrogen) atoms. The van der Waals surface area contributed by atoms with Gasteiger partial charge in [-0.3, -0.25) is 0 Å². The second kappa shape index (κ2) is 30.6. The number of hydrogen-bond donors (Lipinski definition) is 0. The second-order valence-corrected chi connectivity index (χ2v) is 35.5. The van der Waals surface area contributed by atoms with Crippen LogP contribution in [0.2, 0.25) is 0 Å². The van der Waals surface area contributed by atoms with Crippen molar-refractivity contribution >= 4 is 264 Å². The minimum atomic E-state index is -4.50. The van der Waals surface area contributed by atoms with Gasteiger partial charge in [-0.05, 0) is 251 Å². The molecule has 0 aliphatic rings. The average Bonchev–Trinajstić information content (AvgIpc) is 1.38. The van der Waals surface area contributed by atoms with Crippen molar-refractivity contribution in [3.8, 4) is 11.5 Å². The molecular weight excluding hydrogens is 1700 g/mol. The molecule has 0 aliphatic carbocycles. The largest absolute Gasteiger partial charge is 0.497 e. The van der Waals surface area contributed by atoms with Gasteiger partial charge >= 0.3 is 6.18 Å². The lowest BCUT2D eigenvalue weighted by molar-refractivity contribution is -0.137. The Kier molecular flexibility index (Phi) is 17.7. The second-order valence-electron chi connectivity index (χ2n) is 35.5. The third-order valence-corrected chi connectivity index (χ3v) is 28.0. The summed E-state index contributed by atoms with van der Waals surface area (Å²) in [4.78, 5) is 9.04. The van der Waals surface area contributed by atoms with E-state index in [4.69, 9.17) is 27.1 Å². The molecule has 0 fully saturated rings. The molecule has 0 N–H and O–H groups in total. The van der Waals surface area contributed by atoms with Gasteiger partial charge in [0.2, 0.25) is 0 Å². The molecule has 28 rings (SSSR count). The van der Waals surface area contributed by atoms with E-state index in [-0.39, 0.29) is 0 Å². The molecule has 0 saturated heterocycles. The standard InChI is InChI=1S/C62H37F3N2O2.C62H40N2O4/c1-36-16-26-42(27-17-36)66(52-14-6-12-48-58-44-10-4-2-8-37(44)22-34-54(58)68-60(48)52)50-32-20-39-19-31-47-51(33-21-40-18-30-46(50)56(39)57(40)47)67(43-28-24-41(25-29-43)62(63,64)65)53-15-7-13-49-59-45-11-5-3-9-38(45)23-35-55(59)69-61(49)53;1-65-43-27-23-41(24-28-43)63(53-15-7-13-49-59-45-11-5-3-9-37(45)21-35-55(59)67-61(49)53)51-33-19-39-18-32-48-52(34-20-40-17-31-47(51)57(39)58(40)48)64(42-25-29-44(66-2)30-26-42)54-16-8-14-50-60-46-12-6-4-10-38(46)22-36-56(60)68-62(50)54/h2-35H,1H3;3-36H,1-2H3. The van der Waals surface area contributed by atoms with Crippen molar-refractivity contribution in [1.82, 2.24) is 0 Å². The van der Waals surface area contributed by atoms with Crippen molar-refractivity contribution < 1.29 is 40.3 Å². The van der Waals surface area contributed by atoms with E-state index >= 15 is 0 Å². The predicted octanol–water partition coefficient (Wildman–Crippen LogP) is 36.6. The van der Waals surface area contributed by atoms with Gasteiger partial charge in [0.25, 0.3) is 0 Å². The van der Waals surface area contributed by atoms with E-state index in [0.717, 1.165) is 244 Å². The third kappa shape index (κ3) is 12.3. The normalized spacial score (nSPS) is 12.2. The molecule has 0 bridgehead atoms. The predicted molar refractivity (Wildman–Crippen MR) is 561 cm³/mol. The summed E-state index contributed by atoms with van der Waals surface area (Å²) in [7, 11) is 3.41. The maximum atomic E-state index is 14.1. The van der Waals surface area contributed by atoms with Crippen LogP contribution in [-0.2, 0) is 6.18 Å². The number of methoxy groups -OCH3 is 2. The van der Waals surface area contributed by atoms with Crippen molar-refractivity contribution in [3.63, 3.8) is 0 Å². The number of halogens is 3. The average molecular weight is 1780 g/mol. The number of ether oxygens (including phenoxy) is 2. The molecule has 28 aromatic rings. The van der Waals surface area contributed by atoms with Crippen molar-refractivity contribution in [3.05, 3.63) is 424 Å². The maximum Gasteiger partial charge on any atom is 0.416 e. The van der Waals surface area contributed by atoms with E-state index in [1.807, 2.05) is 59.5 Å². The van der Waals surface area contributed by atoms with Gasteiger partial charge in [0, 0.05) is 87.4 Å². The highest BCUT2D eigenvalue weighted by atomic mass is 19.4. The van der Waals surface area contributed by atoms with Crippen LogP contribution in [0.15, 0.2) is 430 Å². The van der Waals surface area contributed by atoms with Crippen LogP contribution in [0.25, 0.3) is 195 Å². The number of anilines is 12. The molecule has 4 aromatic heterocycles. The molecule has 0 radical (unpaired) electrons. The first-order valence-electron chi connectivity index (χ1n) is 45.9. The molecule has 24 aromatic carbocycles. The summed E-state index contributed by atoms with van der Waals surface area (Å²) in [5, 5.41) is 30.7. The van der Waals surface area contributed by atoms with Crippen molar-refractivity contribution in [1.29, 1.82) is 0 Å². The highest BCUT2D eigenvalue weighted by Gasteiger charge is 2.34. The number of aryl methyl sites for hydroxylation is 1. The van der Waals surface area contributed by atoms with Gasteiger partial charge in [-0.1, -0.05) is 260 Å². The molecule has 0 unspecified atom stereocenters. The lowest BCUT2D eigenvalue weighted by Gasteiger charge is -2.29. The molecule has 0 aliphatic heterocycles. The SMILES string of the molecule is COc1ccc(N(c2ccc3ccc4c(N(c5ccc(OC)cc5)c5cccc6c5oc5ccc7ccccc7c56)ccc5ccc2c3c54)c2cccc3c2oc2ccc4ccccc4c23)cc1.Cc1ccc(N(c2ccc3ccc4c(N(c5ccc(C(F)(F)F)cc5)c5cccc6c5oc5ccc7ccccc7c56)ccc5ccc2c3c54)c2cccc3c2oc2ccc4ccccc4c23)cc1. The number of furan rings is 4. The highest BCUT2D eigenvalue weighted by molar-refractivity contribution is 6.33. The molecule has 0 atom stereocenters. The van der Waals surface area contributed by atoms with E-state index in [9.17, 15) is 13.2 Å². The zero-order valence-electron chi connectivity index (χ0n) is 74.1. The molecule has 0 spiro atoms. The first kappa shape index (κ1) is 79.0. The van der Waals surface area contributed by atoms with Crippen molar-refractivity contribution in [2.45, 2.75) is 13.1 Å². The quantitative estimate of drug-likeness (QED) is 0.0982. The summed E-state index contributed by atoms with van der Waals surface area (Å²) in [6, 6.07) is 142. The molecule has 13 heteroatoms. The van der Waals surface area contributed by atoms with E-state index in [0.29, 0.717) is 17.0 Å². The Bertz CT molecular complexity index is 9530. The number of para-hydroxylation sites is 4. The number of fused-ring (bicyclic) bond motifs is 20. The summed E-state index contributed by atoms with van der Waals surface area (Å²) in [5.74, 6) is 1.58. The van der Waals surface area contributed by atoms with Crippen LogP contribution in [0, 0.1) is 6.92 Å². The monoisotopic (exact) mass is 1770 g/mol. The maximum absolute atomic E-state index is 14.1. The Morgan fingerprint density at radius 3 is 0.693 bits per heavy atom. The van der Waals surface area contributed by atoms with Gasteiger partial charge in [-0.25, -0.2) is 0 Å². The van der Waals surface area contributed by atoms with Crippen molar-refractivity contribution in [2.75, 3.05) is 33.8 Å². The smallest absolute Gasteiger partial charge is 0.416 e. The van der Waals surface area contributed by atoms with Crippen LogP contribution >= 0.6 is 0 Å². The lowest BCUT2D eigenvalue weighted by atomic mass is 9.91. The minimum absolute atomic E-state index is 0.564. The van der Waals surface area contributed by atoms with Crippen LogP contribution in [-0.4, -0.2) is 14.2 Å². The van der Waals surface area contributed by atoms with Crippen LogP contribution in [0.3, 0.4) is 0 Å². The Labute approximate surface area is 781 Å². The summed E-state index contributed by atoms with van der Waals surface area (Å²) in [5.41, 5.74) is 17.7. The summed E-state index contributed by atoms with van der Waals surface area (Å²) in [6.07, 6.45) is -4.50. The van der Waals surface area contributed by atoms with Crippen molar-refractivity contribution in [2.24, 2.45) is 0 Å². The fourth-order valence-corrected chi connectivity index (χ4v) is 21.8. The Hall–Kier alpha value is -17.8. The van der Waals surface area contributed by atoms with Gasteiger partial charge in [0.15, 0.2) is 22.3 Å². The minimum Gasteiger partial charge on any atom is -0.497 e. The lowest BCUT2D eigenvalue weighted by Crippen LogP contribution is -2.12. The van der Waals surface area contributed by atoms with Crippen LogP contribution in [0.5, 0.6) is 11.5 Å². The Morgan fingerprint density at radius 2 is 0.431 bits per heavy atom. The summed E-state index contributed by atoms with van der Waals surface area (Å²) < 4.78 is 81.2. The van der Waals surface area contributed by atoms with Gasteiger partial charge in [0.1, 0.15) is 33.8 Å². The molecule has 650 valence electrons. The zero-order valence-corrected chi connectivity index (χ0v) is 74.1. The topological polar surface area (TPSA) is 84.0 Å². The number of nitrogens with zero attached hydrogens (tertiary/aromatic N) is 4. The summed E-state index contributed by atoms with van der Waals surface area (Å²) in [6.45, 7) is 2.09. The van der Waals surface area contributed by atoms with Gasteiger partial charge < -0.3 is 46.7 Å². The molecule has 4 heterocycles. The highest BCUT2D eigenvalue weighted by Crippen LogP contribution is 2.56. The van der Waals surface area contributed by atoms with Gasteiger partial charge in [-0.15, -0.1) is 0 Å². The molecule has 10 nitrogen and oxygen atoms in total. The number of hydrogen-bond acceptors (Lipinski definition) is 10. The van der Waals surface area contributed by atoms with Crippen LogP contribution in [0.1, 0.15) is 11.1 Å². The van der Waals surface area contributed by atoms with E-state index in [1.54, 1.807) is 26.4 Å². The third-order valence-electron chi connectivity index (χ3n) is 28.0. The van der Waals surface area contributed by atoms with Crippen LogP contribution < -0.4 is 29.1 Å². The fraction of sp³-hybridized carbons (Fsp3) is 0.0323. The van der Waals surface area contributed by atoms with Crippen LogP contribution in [0.4, 0.5) is 81.4 Å². The summed E-state index contributed by atoms with van der Waals surface area (Å²) >= 11 is 0. The Morgan fingerprint density at radius 1 is 0.197 bits per heavy atom.